The molecular weight excluding hydrogens is 178 g/mol. The normalized spacial score (nSPS) is 30.3. The highest BCUT2D eigenvalue weighted by molar-refractivity contribution is 5.89. The molecule has 1 aliphatic carbocycles. The van der Waals surface area contributed by atoms with Gasteiger partial charge in [0, 0.05) is 18.9 Å². The van der Waals surface area contributed by atoms with Gasteiger partial charge in [0.2, 0.25) is 5.91 Å². The number of hydrogen-bond donors (Lipinski definition) is 0. The van der Waals surface area contributed by atoms with Crippen molar-refractivity contribution in [2.45, 2.75) is 33.1 Å². The minimum absolute atomic E-state index is 0.174. The van der Waals surface area contributed by atoms with Gasteiger partial charge in [-0.1, -0.05) is 13.8 Å². The Morgan fingerprint density at radius 1 is 1.50 bits per heavy atom. The third-order valence-electron chi connectivity index (χ3n) is 3.37. The summed E-state index contributed by atoms with van der Waals surface area (Å²) in [7, 11) is 0. The summed E-state index contributed by atoms with van der Waals surface area (Å²) < 4.78 is 0. The lowest BCUT2D eigenvalue weighted by Crippen LogP contribution is -2.41. The van der Waals surface area contributed by atoms with E-state index < -0.39 is 0 Å². The second kappa shape index (κ2) is 3.07. The first kappa shape index (κ1) is 9.69. The molecule has 0 aromatic heterocycles. The van der Waals surface area contributed by atoms with E-state index in [1.165, 1.54) is 0 Å². The van der Waals surface area contributed by atoms with Crippen LogP contribution in [-0.2, 0) is 9.59 Å². The second-order valence-electron chi connectivity index (χ2n) is 5.15. The Morgan fingerprint density at radius 2 is 2.14 bits per heavy atom. The van der Waals surface area contributed by atoms with Crippen molar-refractivity contribution in [2.75, 3.05) is 13.1 Å². The second-order valence-corrected chi connectivity index (χ2v) is 5.15. The summed E-state index contributed by atoms with van der Waals surface area (Å²) in [5, 5.41) is 0. The molecule has 0 aromatic carbocycles. The number of likely N-dealkylation sites (tertiary alicyclic amines) is 1. The number of hydrogen-bond acceptors (Lipinski definition) is 2. The van der Waals surface area contributed by atoms with Gasteiger partial charge in [-0.25, -0.2) is 0 Å². The van der Waals surface area contributed by atoms with Gasteiger partial charge < -0.3 is 4.90 Å². The molecule has 2 fully saturated rings. The maximum absolute atomic E-state index is 11.9. The van der Waals surface area contributed by atoms with Gasteiger partial charge in [0.1, 0.15) is 0 Å². The molecule has 3 heteroatoms. The lowest BCUT2D eigenvalue weighted by Gasteiger charge is -2.26. The zero-order chi connectivity index (χ0) is 10.3. The Morgan fingerprint density at radius 3 is 2.64 bits per heavy atom. The van der Waals surface area contributed by atoms with E-state index in [2.05, 4.69) is 13.8 Å². The summed E-state index contributed by atoms with van der Waals surface area (Å²) in [4.78, 5) is 24.8. The van der Waals surface area contributed by atoms with Gasteiger partial charge >= 0.3 is 0 Å². The quantitative estimate of drug-likeness (QED) is 0.631. The van der Waals surface area contributed by atoms with Gasteiger partial charge in [-0.3, -0.25) is 9.59 Å². The molecule has 1 heterocycles. The molecule has 1 aliphatic heterocycles. The van der Waals surface area contributed by atoms with Gasteiger partial charge in [-0.05, 0) is 18.3 Å². The minimum atomic E-state index is 0.174. The molecule has 0 bridgehead atoms. The molecule has 78 valence electrons. The van der Waals surface area contributed by atoms with E-state index in [0.29, 0.717) is 13.0 Å². The van der Waals surface area contributed by atoms with E-state index in [0.717, 1.165) is 19.4 Å². The molecular formula is C11H17NO2. The van der Waals surface area contributed by atoms with Crippen molar-refractivity contribution in [1.29, 1.82) is 0 Å². The Kier molecular flexibility index (Phi) is 2.13. The van der Waals surface area contributed by atoms with Crippen LogP contribution in [0.4, 0.5) is 0 Å². The largest absolute Gasteiger partial charge is 0.335 e. The van der Waals surface area contributed by atoms with Crippen molar-refractivity contribution < 1.29 is 9.59 Å². The Hall–Kier alpha value is -0.860. The van der Waals surface area contributed by atoms with Crippen LogP contribution in [0.5, 0.6) is 0 Å². The fraction of sp³-hybridized carbons (Fsp3) is 0.818. The Labute approximate surface area is 84.5 Å². The van der Waals surface area contributed by atoms with Crippen LogP contribution >= 0.6 is 0 Å². The summed E-state index contributed by atoms with van der Waals surface area (Å²) in [6.45, 7) is 5.35. The molecule has 2 rings (SSSR count). The van der Waals surface area contributed by atoms with E-state index in [9.17, 15) is 9.59 Å². The molecule has 1 saturated carbocycles. The fourth-order valence-electron chi connectivity index (χ4n) is 2.14. The number of carbonyl (C=O) groups is 2. The molecule has 1 saturated heterocycles. The molecule has 1 amide bonds. The van der Waals surface area contributed by atoms with Crippen LogP contribution in [0.3, 0.4) is 0 Å². The molecule has 0 spiro atoms. The standard InChI is InChI=1S/C11H17NO2/c1-11(2)6-9(11)10(14)12-5-3-4-8(13)7-12/h9H,3-7H2,1-2H3. The van der Waals surface area contributed by atoms with Crippen LogP contribution in [0.25, 0.3) is 0 Å². The number of piperidine rings is 1. The molecule has 0 N–H and O–H groups in total. The summed E-state index contributed by atoms with van der Waals surface area (Å²) in [5.41, 5.74) is 0.178. The summed E-state index contributed by atoms with van der Waals surface area (Å²) >= 11 is 0. The van der Waals surface area contributed by atoms with Gasteiger partial charge in [0.05, 0.1) is 6.54 Å². The first-order chi connectivity index (χ1) is 6.50. The fourth-order valence-corrected chi connectivity index (χ4v) is 2.14. The smallest absolute Gasteiger partial charge is 0.226 e. The van der Waals surface area contributed by atoms with Crippen molar-refractivity contribution in [3.8, 4) is 0 Å². The van der Waals surface area contributed by atoms with Crippen molar-refractivity contribution in [3.63, 3.8) is 0 Å². The lowest BCUT2D eigenvalue weighted by atomic mass is 10.1. The maximum atomic E-state index is 11.9. The van der Waals surface area contributed by atoms with Crippen LogP contribution in [-0.4, -0.2) is 29.7 Å². The van der Waals surface area contributed by atoms with E-state index in [1.54, 1.807) is 4.90 Å². The number of nitrogens with zero attached hydrogens (tertiary/aromatic N) is 1. The van der Waals surface area contributed by atoms with Gasteiger partial charge in [-0.15, -0.1) is 0 Å². The maximum Gasteiger partial charge on any atom is 0.226 e. The highest BCUT2D eigenvalue weighted by Crippen LogP contribution is 2.52. The van der Waals surface area contributed by atoms with E-state index in [4.69, 9.17) is 0 Å². The Balaban J connectivity index is 1.95. The van der Waals surface area contributed by atoms with Crippen molar-refractivity contribution in [3.05, 3.63) is 0 Å². The van der Waals surface area contributed by atoms with Gasteiger partial charge in [0.15, 0.2) is 5.78 Å². The SMILES string of the molecule is CC1(C)CC1C(=O)N1CCCC(=O)C1. The lowest BCUT2D eigenvalue weighted by molar-refractivity contribution is -0.139. The molecule has 0 radical (unpaired) electrons. The average molecular weight is 195 g/mol. The van der Waals surface area contributed by atoms with Crippen molar-refractivity contribution >= 4 is 11.7 Å². The number of Topliss-reactive ketones (excluding diaryl/α,β-unsaturated/α-hetero) is 1. The monoisotopic (exact) mass is 195 g/mol. The first-order valence-electron chi connectivity index (χ1n) is 5.31. The minimum Gasteiger partial charge on any atom is -0.335 e. The zero-order valence-corrected chi connectivity index (χ0v) is 8.88. The molecule has 1 unspecified atom stereocenters. The van der Waals surface area contributed by atoms with Gasteiger partial charge in [-0.2, -0.15) is 0 Å². The predicted octanol–water partition coefficient (Wildman–Crippen LogP) is 1.22. The van der Waals surface area contributed by atoms with Crippen molar-refractivity contribution in [2.24, 2.45) is 11.3 Å². The van der Waals surface area contributed by atoms with Crippen LogP contribution in [0.15, 0.2) is 0 Å². The summed E-state index contributed by atoms with van der Waals surface area (Å²) in [5.74, 6) is 0.583. The highest BCUT2D eigenvalue weighted by atomic mass is 16.2. The highest BCUT2D eigenvalue weighted by Gasteiger charge is 2.52. The molecule has 14 heavy (non-hydrogen) atoms. The van der Waals surface area contributed by atoms with E-state index in [1.807, 2.05) is 0 Å². The molecule has 0 aromatic rings. The zero-order valence-electron chi connectivity index (χ0n) is 8.88. The van der Waals surface area contributed by atoms with Gasteiger partial charge in [0.25, 0.3) is 0 Å². The number of ketones is 1. The predicted molar refractivity (Wildman–Crippen MR) is 52.7 cm³/mol. The van der Waals surface area contributed by atoms with Crippen molar-refractivity contribution in [1.82, 2.24) is 4.90 Å². The Bertz CT molecular complexity index is 283. The number of carbonyl (C=O) groups excluding carboxylic acids is 2. The van der Waals surface area contributed by atoms with E-state index in [-0.39, 0.29) is 23.0 Å². The third kappa shape index (κ3) is 1.68. The molecule has 3 nitrogen and oxygen atoms in total. The summed E-state index contributed by atoms with van der Waals surface area (Å²) in [6.07, 6.45) is 2.48. The number of rotatable bonds is 1. The number of amides is 1. The average Bonchev–Trinajstić information content (AvgIpc) is 2.74. The summed E-state index contributed by atoms with van der Waals surface area (Å²) in [6, 6.07) is 0. The van der Waals surface area contributed by atoms with Crippen LogP contribution < -0.4 is 0 Å². The van der Waals surface area contributed by atoms with Crippen LogP contribution in [0.2, 0.25) is 0 Å². The van der Waals surface area contributed by atoms with E-state index >= 15 is 0 Å². The molecule has 1 atom stereocenters. The van der Waals surface area contributed by atoms with Crippen LogP contribution in [0, 0.1) is 11.3 Å². The van der Waals surface area contributed by atoms with Crippen LogP contribution in [0.1, 0.15) is 33.1 Å². The first-order valence-corrected chi connectivity index (χ1v) is 5.31. The molecule has 2 aliphatic rings. The third-order valence-corrected chi connectivity index (χ3v) is 3.37. The topological polar surface area (TPSA) is 37.4 Å².